The van der Waals surface area contributed by atoms with Crippen LogP contribution >= 0.6 is 11.6 Å². The number of nitrogens with zero attached hydrogens (tertiary/aromatic N) is 1. The summed E-state index contributed by atoms with van der Waals surface area (Å²) in [5.41, 5.74) is -6.12. The lowest BCUT2D eigenvalue weighted by Gasteiger charge is -2.34. The van der Waals surface area contributed by atoms with Crippen molar-refractivity contribution >= 4 is 41.3 Å². The fourth-order valence-electron chi connectivity index (χ4n) is 4.12. The molecule has 1 aliphatic heterocycles. The molecule has 0 saturated heterocycles. The molecule has 0 aromatic heterocycles. The molecule has 1 amide bonds. The van der Waals surface area contributed by atoms with E-state index in [0.717, 1.165) is 7.11 Å². The maximum Gasteiger partial charge on any atom is 0.418 e. The lowest BCUT2D eigenvalue weighted by molar-refractivity contribution is -0.147. The molecule has 1 N–H and O–H groups in total. The minimum Gasteiger partial charge on any atom is -0.468 e. The van der Waals surface area contributed by atoms with Crippen molar-refractivity contribution in [3.05, 3.63) is 45.4 Å². The first-order valence-electron chi connectivity index (χ1n) is 12.6. The SMILES string of the molecule is COC(=O)C1C(CF)=NC(COC(=O)CNC(=O)OC(C)(C)C)=C(C(=O)OC(C)C)C1c1c(F)ccc(Cl)c1C(F)(F)F. The fourth-order valence-corrected chi connectivity index (χ4v) is 4.39. The fraction of sp³-hybridized carbons (Fsp3) is 0.519. The largest absolute Gasteiger partial charge is 0.468 e. The summed E-state index contributed by atoms with van der Waals surface area (Å²) in [4.78, 5) is 54.3. The van der Waals surface area contributed by atoms with Crippen LogP contribution in [0.2, 0.25) is 5.02 Å². The number of ether oxygens (including phenoxy) is 4. The summed E-state index contributed by atoms with van der Waals surface area (Å²) in [6.45, 7) is 4.24. The molecule has 0 saturated carbocycles. The molecule has 1 aromatic rings. The zero-order chi connectivity index (χ0) is 32.9. The third-order valence-corrected chi connectivity index (χ3v) is 5.94. The predicted molar refractivity (Wildman–Crippen MR) is 142 cm³/mol. The number of methoxy groups -OCH3 is 1. The average Bonchev–Trinajstić information content (AvgIpc) is 2.88. The van der Waals surface area contributed by atoms with Gasteiger partial charge in [0.2, 0.25) is 0 Å². The van der Waals surface area contributed by atoms with Crippen LogP contribution in [0, 0.1) is 11.7 Å². The van der Waals surface area contributed by atoms with E-state index in [2.05, 4.69) is 15.0 Å². The standard InChI is InChI=1S/C27H30ClF5N2O8/c1-12(2)42-24(38)20-16(11-41-17(36)10-34-25(39)43-26(3,4)5)35-15(9-29)19(23(37)40-6)21(20)18-14(30)8-7-13(28)22(18)27(31,32)33/h7-8,12,19,21H,9-11H2,1-6H3,(H,34,39). The molecule has 43 heavy (non-hydrogen) atoms. The van der Waals surface area contributed by atoms with Crippen LogP contribution in [0.4, 0.5) is 26.7 Å². The van der Waals surface area contributed by atoms with E-state index in [-0.39, 0.29) is 0 Å². The topological polar surface area (TPSA) is 130 Å². The van der Waals surface area contributed by atoms with E-state index >= 15 is 4.39 Å². The summed E-state index contributed by atoms with van der Waals surface area (Å²) in [6, 6.07) is 1.20. The van der Waals surface area contributed by atoms with Gasteiger partial charge in [0.05, 0.1) is 40.8 Å². The van der Waals surface area contributed by atoms with Crippen molar-refractivity contribution in [2.45, 2.75) is 58.4 Å². The summed E-state index contributed by atoms with van der Waals surface area (Å²) in [7, 11) is 0.846. The molecule has 1 aliphatic rings. The molecule has 0 radical (unpaired) electrons. The number of hydrogen-bond acceptors (Lipinski definition) is 9. The molecule has 16 heteroatoms. The van der Waals surface area contributed by atoms with Crippen LogP contribution in [0.25, 0.3) is 0 Å². The highest BCUT2D eigenvalue weighted by molar-refractivity contribution is 6.31. The molecule has 0 aliphatic carbocycles. The van der Waals surface area contributed by atoms with Gasteiger partial charge in [-0.1, -0.05) is 11.6 Å². The zero-order valence-electron chi connectivity index (χ0n) is 24.0. The lowest BCUT2D eigenvalue weighted by Crippen LogP contribution is -2.40. The van der Waals surface area contributed by atoms with E-state index in [9.17, 15) is 36.7 Å². The minimum atomic E-state index is -5.31. The van der Waals surface area contributed by atoms with Crippen molar-refractivity contribution in [3.63, 3.8) is 0 Å². The van der Waals surface area contributed by atoms with Gasteiger partial charge >= 0.3 is 30.2 Å². The highest BCUT2D eigenvalue weighted by Crippen LogP contribution is 2.48. The van der Waals surface area contributed by atoms with Gasteiger partial charge in [-0.25, -0.2) is 18.4 Å². The maximum absolute atomic E-state index is 15.4. The van der Waals surface area contributed by atoms with E-state index in [4.69, 9.17) is 25.8 Å². The van der Waals surface area contributed by atoms with Gasteiger partial charge in [-0.05, 0) is 46.8 Å². The van der Waals surface area contributed by atoms with Crippen LogP contribution in [0.15, 0.2) is 28.4 Å². The normalized spacial score (nSPS) is 17.3. The van der Waals surface area contributed by atoms with Gasteiger partial charge in [-0.15, -0.1) is 0 Å². The van der Waals surface area contributed by atoms with E-state index < -0.39 is 112 Å². The minimum absolute atomic E-state index is 0.579. The first-order chi connectivity index (χ1) is 19.8. The van der Waals surface area contributed by atoms with Gasteiger partial charge in [0, 0.05) is 11.5 Å². The van der Waals surface area contributed by atoms with Crippen molar-refractivity contribution < 1.29 is 60.1 Å². The molecule has 2 unspecified atom stereocenters. The Balaban J connectivity index is 2.74. The van der Waals surface area contributed by atoms with Gasteiger partial charge in [-0.2, -0.15) is 13.2 Å². The van der Waals surface area contributed by atoms with Crippen molar-refractivity contribution in [1.29, 1.82) is 0 Å². The van der Waals surface area contributed by atoms with Gasteiger partial charge in [-0.3, -0.25) is 14.6 Å². The molecule has 1 heterocycles. The van der Waals surface area contributed by atoms with E-state index in [0.29, 0.717) is 12.1 Å². The Bertz CT molecular complexity index is 1320. The van der Waals surface area contributed by atoms with Crippen LogP contribution in [-0.2, 0) is 39.5 Å². The highest BCUT2D eigenvalue weighted by Gasteiger charge is 2.50. The molecule has 10 nitrogen and oxygen atoms in total. The quantitative estimate of drug-likeness (QED) is 0.225. The monoisotopic (exact) mass is 640 g/mol. The number of alkyl carbamates (subject to hydrolysis) is 1. The van der Waals surface area contributed by atoms with Gasteiger partial charge in [0.1, 0.15) is 37.2 Å². The number of aliphatic imine (C=N–C) groups is 1. The van der Waals surface area contributed by atoms with Crippen LogP contribution in [0.1, 0.15) is 51.7 Å². The Labute approximate surface area is 248 Å². The van der Waals surface area contributed by atoms with Crippen molar-refractivity contribution in [1.82, 2.24) is 5.32 Å². The second-order valence-electron chi connectivity index (χ2n) is 10.4. The van der Waals surface area contributed by atoms with Crippen molar-refractivity contribution in [2.75, 3.05) is 26.9 Å². The number of alkyl halides is 4. The Morgan fingerprint density at radius 1 is 1.12 bits per heavy atom. The summed E-state index contributed by atoms with van der Waals surface area (Å²) in [5.74, 6) is -9.67. The van der Waals surface area contributed by atoms with E-state index in [1.54, 1.807) is 20.8 Å². The van der Waals surface area contributed by atoms with Crippen molar-refractivity contribution in [3.8, 4) is 0 Å². The Kier molecular flexibility index (Phi) is 11.7. The summed E-state index contributed by atoms with van der Waals surface area (Å²) in [6.07, 6.45) is -7.17. The predicted octanol–water partition coefficient (Wildman–Crippen LogP) is 5.07. The molecule has 1 aromatic carbocycles. The zero-order valence-corrected chi connectivity index (χ0v) is 24.7. The Morgan fingerprint density at radius 3 is 2.26 bits per heavy atom. The number of nitrogens with one attached hydrogen (secondary N) is 1. The number of esters is 3. The second-order valence-corrected chi connectivity index (χ2v) is 10.8. The van der Waals surface area contributed by atoms with E-state index in [1.165, 1.54) is 13.8 Å². The molecular formula is C27H30ClF5N2O8. The molecule has 0 fully saturated rings. The molecule has 2 atom stereocenters. The average molecular weight is 641 g/mol. The van der Waals surface area contributed by atoms with Crippen molar-refractivity contribution in [2.24, 2.45) is 10.9 Å². The summed E-state index contributed by atoms with van der Waals surface area (Å²) >= 11 is 5.83. The van der Waals surface area contributed by atoms with Crippen LogP contribution < -0.4 is 5.32 Å². The number of benzene rings is 1. The molecular weight excluding hydrogens is 611 g/mol. The van der Waals surface area contributed by atoms with Gasteiger partial charge in [0.25, 0.3) is 0 Å². The number of hydrogen-bond donors (Lipinski definition) is 1. The van der Waals surface area contributed by atoms with Crippen LogP contribution in [-0.4, -0.2) is 68.4 Å². The third-order valence-electron chi connectivity index (χ3n) is 5.63. The number of carbonyl (C=O) groups excluding carboxylic acids is 4. The first-order valence-corrected chi connectivity index (χ1v) is 13.0. The summed E-state index contributed by atoms with van der Waals surface area (Å²) < 4.78 is 92.3. The Hall–Kier alpha value is -3.75. The smallest absolute Gasteiger partial charge is 0.418 e. The van der Waals surface area contributed by atoms with E-state index in [1.807, 2.05) is 0 Å². The molecule has 0 spiro atoms. The summed E-state index contributed by atoms with van der Waals surface area (Å²) in [5, 5.41) is 1.14. The van der Waals surface area contributed by atoms with Crippen LogP contribution in [0.5, 0.6) is 0 Å². The number of rotatable bonds is 9. The molecule has 0 bridgehead atoms. The number of halogens is 6. The second kappa shape index (κ2) is 14.1. The van der Waals surface area contributed by atoms with Gasteiger partial charge in [0.15, 0.2) is 0 Å². The maximum atomic E-state index is 15.4. The van der Waals surface area contributed by atoms with Gasteiger partial charge < -0.3 is 24.3 Å². The molecule has 2 rings (SSSR count). The lowest BCUT2D eigenvalue weighted by atomic mass is 9.73. The third kappa shape index (κ3) is 9.12. The highest BCUT2D eigenvalue weighted by atomic mass is 35.5. The molecule has 238 valence electrons. The number of carbonyl (C=O) groups is 4. The number of amides is 1. The first kappa shape index (κ1) is 35.4. The Morgan fingerprint density at radius 2 is 1.74 bits per heavy atom. The van der Waals surface area contributed by atoms with Crippen LogP contribution in [0.3, 0.4) is 0 Å².